The highest BCUT2D eigenvalue weighted by Gasteiger charge is 2.10. The maximum absolute atomic E-state index is 11.2. The number of rotatable bonds is 4. The van der Waals surface area contributed by atoms with Gasteiger partial charge in [0.1, 0.15) is 11.9 Å². The fourth-order valence-electron chi connectivity index (χ4n) is 1.06. The van der Waals surface area contributed by atoms with Crippen molar-refractivity contribution in [1.29, 1.82) is 0 Å². The summed E-state index contributed by atoms with van der Waals surface area (Å²) in [6.45, 7) is 1.76. The van der Waals surface area contributed by atoms with E-state index in [1.54, 1.807) is 33.3 Å². The van der Waals surface area contributed by atoms with Gasteiger partial charge in [-0.25, -0.2) is 4.98 Å². The van der Waals surface area contributed by atoms with Crippen LogP contribution in [0.3, 0.4) is 0 Å². The summed E-state index contributed by atoms with van der Waals surface area (Å²) in [5, 5.41) is 8.34. The van der Waals surface area contributed by atoms with Crippen LogP contribution in [-0.2, 0) is 4.79 Å². The fraction of sp³-hybridized carbons (Fsp3) is 0.444. The van der Waals surface area contributed by atoms with Gasteiger partial charge in [0, 0.05) is 20.3 Å². The topological polar surface area (TPSA) is 78.9 Å². The Labute approximate surface area is 88.5 Å². The summed E-state index contributed by atoms with van der Waals surface area (Å²) in [5.74, 6) is 1.05. The Morgan fingerprint density at radius 3 is 2.80 bits per heavy atom. The van der Waals surface area contributed by atoms with E-state index in [1.165, 1.54) is 0 Å². The average molecular weight is 209 g/mol. The van der Waals surface area contributed by atoms with E-state index in [-0.39, 0.29) is 11.9 Å². The van der Waals surface area contributed by atoms with Crippen molar-refractivity contribution in [3.8, 4) is 0 Å². The maximum Gasteiger partial charge on any atom is 0.241 e. The number of anilines is 2. The zero-order valence-electron chi connectivity index (χ0n) is 9.03. The lowest BCUT2D eigenvalue weighted by Crippen LogP contribution is -2.35. The van der Waals surface area contributed by atoms with E-state index < -0.39 is 0 Å². The first-order valence-corrected chi connectivity index (χ1v) is 4.66. The molecule has 1 rings (SSSR count). The molecule has 0 saturated heterocycles. The smallest absolute Gasteiger partial charge is 0.241 e. The standard InChI is InChI=1S/C9H15N5O/c1-6(8(15)10-2)13-7-4-5-12-9(11-3)14-7/h4-6H,1-3H3,(H,10,15)(H2,11,12,13,14). The Balaban J connectivity index is 2.67. The minimum atomic E-state index is -0.324. The first-order valence-electron chi connectivity index (χ1n) is 4.66. The molecule has 1 aromatic heterocycles. The summed E-state index contributed by atoms with van der Waals surface area (Å²) < 4.78 is 0. The van der Waals surface area contributed by atoms with Gasteiger partial charge < -0.3 is 16.0 Å². The van der Waals surface area contributed by atoms with Crippen LogP contribution in [0.15, 0.2) is 12.3 Å². The number of aromatic nitrogens is 2. The summed E-state index contributed by atoms with van der Waals surface area (Å²) in [6, 6.07) is 1.38. The van der Waals surface area contributed by atoms with Gasteiger partial charge in [-0.15, -0.1) is 0 Å². The molecule has 0 aliphatic heterocycles. The summed E-state index contributed by atoms with van der Waals surface area (Å²) >= 11 is 0. The van der Waals surface area contributed by atoms with E-state index in [1.807, 2.05) is 0 Å². The highest BCUT2D eigenvalue weighted by Crippen LogP contribution is 2.06. The third-order valence-corrected chi connectivity index (χ3v) is 1.88. The largest absolute Gasteiger partial charge is 0.358 e. The van der Waals surface area contributed by atoms with Gasteiger partial charge in [-0.1, -0.05) is 0 Å². The fourth-order valence-corrected chi connectivity index (χ4v) is 1.06. The van der Waals surface area contributed by atoms with Crippen LogP contribution in [0.4, 0.5) is 11.8 Å². The van der Waals surface area contributed by atoms with Crippen molar-refractivity contribution in [2.24, 2.45) is 0 Å². The van der Waals surface area contributed by atoms with Crippen LogP contribution >= 0.6 is 0 Å². The molecular formula is C9H15N5O. The molecule has 15 heavy (non-hydrogen) atoms. The number of likely N-dealkylation sites (N-methyl/N-ethyl adjacent to an activating group) is 1. The lowest BCUT2D eigenvalue weighted by Gasteiger charge is -2.12. The zero-order valence-corrected chi connectivity index (χ0v) is 9.03. The highest BCUT2D eigenvalue weighted by atomic mass is 16.2. The predicted molar refractivity (Wildman–Crippen MR) is 58.7 cm³/mol. The number of carbonyl (C=O) groups excluding carboxylic acids is 1. The third-order valence-electron chi connectivity index (χ3n) is 1.88. The van der Waals surface area contributed by atoms with Crippen molar-refractivity contribution in [3.05, 3.63) is 12.3 Å². The Hall–Kier alpha value is -1.85. The molecule has 0 aromatic carbocycles. The van der Waals surface area contributed by atoms with Gasteiger partial charge in [-0.2, -0.15) is 4.98 Å². The molecule has 1 amide bonds. The van der Waals surface area contributed by atoms with Crippen molar-refractivity contribution in [2.45, 2.75) is 13.0 Å². The Kier molecular flexibility index (Phi) is 3.84. The minimum absolute atomic E-state index is 0.0837. The molecule has 1 unspecified atom stereocenters. The van der Waals surface area contributed by atoms with Crippen LogP contribution in [0.1, 0.15) is 6.92 Å². The second-order valence-corrected chi connectivity index (χ2v) is 3.00. The van der Waals surface area contributed by atoms with Crippen molar-refractivity contribution >= 4 is 17.7 Å². The molecule has 0 spiro atoms. The van der Waals surface area contributed by atoms with E-state index in [4.69, 9.17) is 0 Å². The Morgan fingerprint density at radius 2 is 2.20 bits per heavy atom. The molecule has 0 saturated carbocycles. The lowest BCUT2D eigenvalue weighted by molar-refractivity contribution is -0.121. The first-order chi connectivity index (χ1) is 7.17. The highest BCUT2D eigenvalue weighted by molar-refractivity contribution is 5.83. The zero-order chi connectivity index (χ0) is 11.3. The normalized spacial score (nSPS) is 11.7. The van der Waals surface area contributed by atoms with E-state index in [2.05, 4.69) is 25.9 Å². The van der Waals surface area contributed by atoms with Crippen LogP contribution in [0, 0.1) is 0 Å². The predicted octanol–water partition coefficient (Wildman–Crippen LogP) is 0.0647. The Bertz CT molecular complexity index is 341. The molecule has 6 nitrogen and oxygen atoms in total. The molecule has 0 fully saturated rings. The van der Waals surface area contributed by atoms with Gasteiger partial charge in [0.25, 0.3) is 0 Å². The van der Waals surface area contributed by atoms with Crippen molar-refractivity contribution in [2.75, 3.05) is 24.7 Å². The van der Waals surface area contributed by atoms with Gasteiger partial charge in [0.05, 0.1) is 0 Å². The van der Waals surface area contributed by atoms with E-state index in [9.17, 15) is 4.79 Å². The van der Waals surface area contributed by atoms with Crippen LogP contribution in [-0.4, -0.2) is 36.0 Å². The van der Waals surface area contributed by atoms with Gasteiger partial charge in [0.2, 0.25) is 11.9 Å². The van der Waals surface area contributed by atoms with Crippen molar-refractivity contribution in [3.63, 3.8) is 0 Å². The van der Waals surface area contributed by atoms with Gasteiger partial charge in [0.15, 0.2) is 0 Å². The second-order valence-electron chi connectivity index (χ2n) is 3.00. The molecule has 1 atom stereocenters. The first kappa shape index (κ1) is 11.2. The van der Waals surface area contributed by atoms with E-state index in [0.717, 1.165) is 0 Å². The molecule has 0 bridgehead atoms. The van der Waals surface area contributed by atoms with Gasteiger partial charge in [-0.05, 0) is 13.0 Å². The van der Waals surface area contributed by atoms with Crippen LogP contribution < -0.4 is 16.0 Å². The van der Waals surface area contributed by atoms with E-state index in [0.29, 0.717) is 11.8 Å². The number of nitrogens with zero attached hydrogens (tertiary/aromatic N) is 2. The molecule has 0 radical (unpaired) electrons. The average Bonchev–Trinajstić information content (AvgIpc) is 2.28. The molecule has 0 aliphatic carbocycles. The summed E-state index contributed by atoms with van der Waals surface area (Å²) in [4.78, 5) is 19.3. The van der Waals surface area contributed by atoms with E-state index >= 15 is 0 Å². The van der Waals surface area contributed by atoms with Gasteiger partial charge >= 0.3 is 0 Å². The molecule has 3 N–H and O–H groups in total. The molecular weight excluding hydrogens is 194 g/mol. The Morgan fingerprint density at radius 1 is 1.47 bits per heavy atom. The second kappa shape index (κ2) is 5.14. The lowest BCUT2D eigenvalue weighted by atomic mass is 10.3. The number of carbonyl (C=O) groups is 1. The quantitative estimate of drug-likeness (QED) is 0.653. The van der Waals surface area contributed by atoms with Crippen molar-refractivity contribution in [1.82, 2.24) is 15.3 Å². The third kappa shape index (κ3) is 3.08. The number of nitrogens with one attached hydrogen (secondary N) is 3. The van der Waals surface area contributed by atoms with Crippen LogP contribution in [0.5, 0.6) is 0 Å². The molecule has 6 heteroatoms. The number of amides is 1. The minimum Gasteiger partial charge on any atom is -0.358 e. The maximum atomic E-state index is 11.2. The number of hydrogen-bond acceptors (Lipinski definition) is 5. The molecule has 82 valence electrons. The van der Waals surface area contributed by atoms with Crippen molar-refractivity contribution < 1.29 is 4.79 Å². The summed E-state index contributed by atoms with van der Waals surface area (Å²) in [7, 11) is 3.33. The number of hydrogen-bond donors (Lipinski definition) is 3. The molecule has 0 aliphatic rings. The van der Waals surface area contributed by atoms with Crippen LogP contribution in [0.25, 0.3) is 0 Å². The molecule has 1 heterocycles. The van der Waals surface area contributed by atoms with Crippen LogP contribution in [0.2, 0.25) is 0 Å². The summed E-state index contributed by atoms with van der Waals surface area (Å²) in [6.07, 6.45) is 1.62. The van der Waals surface area contributed by atoms with Gasteiger partial charge in [-0.3, -0.25) is 4.79 Å². The summed E-state index contributed by atoms with van der Waals surface area (Å²) in [5.41, 5.74) is 0. The SMILES string of the molecule is CNC(=O)C(C)Nc1ccnc(NC)n1. The molecule has 1 aromatic rings. The monoisotopic (exact) mass is 209 g/mol.